The first kappa shape index (κ1) is 27.2. The Hall–Kier alpha value is 0.170. The Kier molecular flexibility index (Phi) is 26.3. The first-order valence-corrected chi connectivity index (χ1v) is 13.2. The zero-order chi connectivity index (χ0) is 19.7. The SMILES string of the molecule is CCCCCCCCCCCCCCCCCCCCCCCCC=C[P]. The molecule has 0 aliphatic rings. The van der Waals surface area contributed by atoms with Crippen LogP contribution in [0.15, 0.2) is 11.9 Å². The van der Waals surface area contributed by atoms with Crippen molar-refractivity contribution < 1.29 is 0 Å². The molecule has 0 nitrogen and oxygen atoms in total. The molecule has 27 heavy (non-hydrogen) atoms. The summed E-state index contributed by atoms with van der Waals surface area (Å²) in [6.07, 6.45) is 35.5. The molecule has 0 saturated heterocycles. The van der Waals surface area contributed by atoms with Crippen molar-refractivity contribution in [3.05, 3.63) is 11.9 Å². The highest BCUT2D eigenvalue weighted by Crippen LogP contribution is 2.15. The van der Waals surface area contributed by atoms with Crippen LogP contribution in [0.4, 0.5) is 0 Å². The van der Waals surface area contributed by atoms with Gasteiger partial charge >= 0.3 is 0 Å². The molecule has 0 saturated carbocycles. The van der Waals surface area contributed by atoms with E-state index in [1.165, 1.54) is 148 Å². The maximum absolute atomic E-state index is 4.09. The summed E-state index contributed by atoms with van der Waals surface area (Å²) >= 11 is 0. The number of unbranched alkanes of at least 4 members (excludes halogenated alkanes) is 22. The van der Waals surface area contributed by atoms with Crippen molar-refractivity contribution in [2.45, 2.75) is 155 Å². The third-order valence-electron chi connectivity index (χ3n) is 5.83. The van der Waals surface area contributed by atoms with Crippen molar-refractivity contribution in [1.29, 1.82) is 0 Å². The Morgan fingerprint density at radius 2 is 0.667 bits per heavy atom. The summed E-state index contributed by atoms with van der Waals surface area (Å²) in [4.78, 5) is 0. The fraction of sp³-hybridized carbons (Fsp3) is 0.923. The summed E-state index contributed by atoms with van der Waals surface area (Å²) < 4.78 is 0. The fourth-order valence-electron chi connectivity index (χ4n) is 3.95. The minimum absolute atomic E-state index is 1.21. The average Bonchev–Trinajstić information content (AvgIpc) is 2.68. The van der Waals surface area contributed by atoms with Gasteiger partial charge in [0.1, 0.15) is 0 Å². The molecule has 0 heterocycles. The van der Waals surface area contributed by atoms with Crippen LogP contribution in [0.2, 0.25) is 0 Å². The molecule has 0 aliphatic heterocycles. The number of rotatable bonds is 23. The van der Waals surface area contributed by atoms with Crippen LogP contribution in [0.25, 0.3) is 0 Å². The van der Waals surface area contributed by atoms with E-state index in [9.17, 15) is 0 Å². The fourth-order valence-corrected chi connectivity index (χ4v) is 4.09. The van der Waals surface area contributed by atoms with E-state index < -0.39 is 0 Å². The lowest BCUT2D eigenvalue weighted by Gasteiger charge is -2.04. The Morgan fingerprint density at radius 3 is 0.926 bits per heavy atom. The average molecular weight is 395 g/mol. The Labute approximate surface area is 176 Å². The van der Waals surface area contributed by atoms with Gasteiger partial charge < -0.3 is 0 Å². The molecule has 0 atom stereocenters. The van der Waals surface area contributed by atoms with Crippen LogP contribution >= 0.6 is 9.24 Å². The van der Waals surface area contributed by atoms with Crippen molar-refractivity contribution in [2.24, 2.45) is 0 Å². The van der Waals surface area contributed by atoms with Crippen LogP contribution in [0.5, 0.6) is 0 Å². The third kappa shape index (κ3) is 26.2. The maximum Gasteiger partial charge on any atom is -0.0146 e. The Bertz CT molecular complexity index is 271. The first-order chi connectivity index (χ1) is 13.4. The standard InChI is InChI=1S/C26H51P/c1-2-3-4-5-6-7-8-9-10-11-12-13-14-15-16-17-18-19-20-21-22-23-24-25-26-27/h25-26H,2-24H2,1H3. The van der Waals surface area contributed by atoms with Gasteiger partial charge in [0.15, 0.2) is 0 Å². The van der Waals surface area contributed by atoms with Gasteiger partial charge in [0.2, 0.25) is 0 Å². The number of allylic oxidation sites excluding steroid dienone is 1. The molecule has 0 aliphatic carbocycles. The second kappa shape index (κ2) is 26.2. The molecule has 0 aromatic carbocycles. The molecule has 0 unspecified atom stereocenters. The molecule has 0 fully saturated rings. The minimum atomic E-state index is 1.21. The van der Waals surface area contributed by atoms with Gasteiger partial charge in [-0.25, -0.2) is 0 Å². The van der Waals surface area contributed by atoms with Crippen molar-refractivity contribution >= 4 is 9.24 Å². The summed E-state index contributed by atoms with van der Waals surface area (Å²) in [7, 11) is 4.09. The van der Waals surface area contributed by atoms with Gasteiger partial charge in [0, 0.05) is 0 Å². The Balaban J connectivity index is 2.97. The van der Waals surface area contributed by atoms with Gasteiger partial charge in [-0.3, -0.25) is 0 Å². The van der Waals surface area contributed by atoms with Gasteiger partial charge in [-0.05, 0) is 22.1 Å². The molecule has 0 amide bonds. The lowest BCUT2D eigenvalue weighted by Crippen LogP contribution is -1.84. The second-order valence-corrected chi connectivity index (χ2v) is 8.90. The van der Waals surface area contributed by atoms with Crippen LogP contribution in [0.1, 0.15) is 155 Å². The zero-order valence-electron chi connectivity index (χ0n) is 18.9. The highest BCUT2D eigenvalue weighted by atomic mass is 31.0. The first-order valence-electron chi connectivity index (χ1n) is 12.7. The summed E-state index contributed by atoms with van der Waals surface area (Å²) in [6, 6.07) is 0. The molecule has 0 spiro atoms. The van der Waals surface area contributed by atoms with E-state index >= 15 is 0 Å². The van der Waals surface area contributed by atoms with Crippen LogP contribution in [0.3, 0.4) is 0 Å². The summed E-state index contributed by atoms with van der Waals surface area (Å²) in [5.74, 6) is 1.87. The van der Waals surface area contributed by atoms with Crippen molar-refractivity contribution in [3.8, 4) is 0 Å². The van der Waals surface area contributed by atoms with E-state index in [2.05, 4.69) is 22.2 Å². The number of hydrogen-bond acceptors (Lipinski definition) is 0. The van der Waals surface area contributed by atoms with Crippen LogP contribution in [0, 0.1) is 0 Å². The molecule has 0 aromatic heterocycles. The normalized spacial score (nSPS) is 11.6. The molecular weight excluding hydrogens is 343 g/mol. The van der Waals surface area contributed by atoms with Crippen LogP contribution in [-0.4, -0.2) is 0 Å². The topological polar surface area (TPSA) is 0 Å². The zero-order valence-corrected chi connectivity index (χ0v) is 19.8. The minimum Gasteiger partial charge on any atom is -0.0834 e. The van der Waals surface area contributed by atoms with Gasteiger partial charge in [-0.15, -0.1) is 0 Å². The predicted octanol–water partition coefficient (Wildman–Crippen LogP) is 10.9. The van der Waals surface area contributed by atoms with Crippen molar-refractivity contribution in [1.82, 2.24) is 0 Å². The van der Waals surface area contributed by atoms with E-state index in [1.807, 2.05) is 5.82 Å². The van der Waals surface area contributed by atoms with Gasteiger partial charge in [-0.1, -0.05) is 154 Å². The molecule has 0 rings (SSSR count). The summed E-state index contributed by atoms with van der Waals surface area (Å²) in [5.41, 5.74) is 0. The smallest absolute Gasteiger partial charge is 0.0146 e. The summed E-state index contributed by atoms with van der Waals surface area (Å²) in [6.45, 7) is 2.30. The molecular formula is C26H51P. The van der Waals surface area contributed by atoms with E-state index in [-0.39, 0.29) is 0 Å². The maximum atomic E-state index is 4.09. The van der Waals surface area contributed by atoms with Crippen molar-refractivity contribution in [2.75, 3.05) is 0 Å². The van der Waals surface area contributed by atoms with E-state index in [4.69, 9.17) is 0 Å². The lowest BCUT2D eigenvalue weighted by atomic mass is 10.0. The third-order valence-corrected chi connectivity index (χ3v) is 6.04. The molecule has 160 valence electrons. The molecule has 0 aromatic rings. The summed E-state index contributed by atoms with van der Waals surface area (Å²) in [5, 5.41) is 0. The van der Waals surface area contributed by atoms with Crippen molar-refractivity contribution in [3.63, 3.8) is 0 Å². The molecule has 2 radical (unpaired) electrons. The predicted molar refractivity (Wildman–Crippen MR) is 128 cm³/mol. The molecule has 1 heteroatoms. The second-order valence-electron chi connectivity index (χ2n) is 8.60. The van der Waals surface area contributed by atoms with E-state index in [0.717, 1.165) is 0 Å². The highest BCUT2D eigenvalue weighted by molar-refractivity contribution is 7.20. The van der Waals surface area contributed by atoms with Gasteiger partial charge in [0.25, 0.3) is 0 Å². The Morgan fingerprint density at radius 1 is 0.407 bits per heavy atom. The van der Waals surface area contributed by atoms with Gasteiger partial charge in [0.05, 0.1) is 0 Å². The van der Waals surface area contributed by atoms with E-state index in [0.29, 0.717) is 0 Å². The molecule has 0 bridgehead atoms. The largest absolute Gasteiger partial charge is 0.0834 e. The van der Waals surface area contributed by atoms with Crippen LogP contribution < -0.4 is 0 Å². The quantitative estimate of drug-likeness (QED) is 0.119. The van der Waals surface area contributed by atoms with Gasteiger partial charge in [-0.2, -0.15) is 0 Å². The monoisotopic (exact) mass is 394 g/mol. The molecule has 0 N–H and O–H groups in total. The highest BCUT2D eigenvalue weighted by Gasteiger charge is 1.95. The van der Waals surface area contributed by atoms with Crippen LogP contribution in [-0.2, 0) is 0 Å². The lowest BCUT2D eigenvalue weighted by molar-refractivity contribution is 0.519. The number of hydrogen-bond donors (Lipinski definition) is 0. The van der Waals surface area contributed by atoms with E-state index in [1.54, 1.807) is 0 Å².